The summed E-state index contributed by atoms with van der Waals surface area (Å²) in [6.07, 6.45) is 1.63. The average Bonchev–Trinajstić information content (AvgIpc) is 3.20. The lowest BCUT2D eigenvalue weighted by atomic mass is 10.1. The fraction of sp³-hybridized carbons (Fsp3) is 0.0870. The summed E-state index contributed by atoms with van der Waals surface area (Å²) in [7, 11) is 0. The molecule has 0 aliphatic rings. The molecule has 0 amide bonds. The minimum atomic E-state index is -0.448. The van der Waals surface area contributed by atoms with Crippen LogP contribution in [0.5, 0.6) is 0 Å². The van der Waals surface area contributed by atoms with E-state index in [1.165, 1.54) is 22.5 Å². The van der Waals surface area contributed by atoms with Gasteiger partial charge in [-0.1, -0.05) is 24.3 Å². The summed E-state index contributed by atoms with van der Waals surface area (Å²) in [5.41, 5.74) is 4.63. The van der Waals surface area contributed by atoms with Crippen molar-refractivity contribution in [3.05, 3.63) is 86.7 Å². The van der Waals surface area contributed by atoms with Gasteiger partial charge < -0.3 is 9.73 Å². The summed E-state index contributed by atoms with van der Waals surface area (Å²) in [6, 6.07) is 17.3. The minimum Gasteiger partial charge on any atom is -0.422 e. The number of aromatic nitrogens is 1. The van der Waals surface area contributed by atoms with Gasteiger partial charge in [-0.3, -0.25) is 0 Å². The zero-order valence-electron chi connectivity index (χ0n) is 15.9. The van der Waals surface area contributed by atoms with Gasteiger partial charge in [0.15, 0.2) is 0 Å². The van der Waals surface area contributed by atoms with Crippen molar-refractivity contribution in [1.82, 2.24) is 4.98 Å². The van der Waals surface area contributed by atoms with Gasteiger partial charge in [-0.05, 0) is 49.2 Å². The van der Waals surface area contributed by atoms with Crippen LogP contribution in [0.4, 0.5) is 5.69 Å². The maximum atomic E-state index is 12.4. The van der Waals surface area contributed by atoms with Crippen LogP contribution in [-0.4, -0.2) is 4.98 Å². The van der Waals surface area contributed by atoms with Gasteiger partial charge in [0.05, 0.1) is 11.3 Å². The van der Waals surface area contributed by atoms with Gasteiger partial charge in [-0.15, -0.1) is 11.3 Å². The van der Waals surface area contributed by atoms with Crippen molar-refractivity contribution in [2.45, 2.75) is 13.8 Å². The number of rotatable bonds is 4. The van der Waals surface area contributed by atoms with Gasteiger partial charge in [0.2, 0.25) is 0 Å². The van der Waals surface area contributed by atoms with Crippen LogP contribution in [0.1, 0.15) is 16.1 Å². The number of thiazole rings is 1. The lowest BCUT2D eigenvalue weighted by Crippen LogP contribution is -2.02. The molecule has 0 aliphatic carbocycles. The Morgan fingerprint density at radius 2 is 2.00 bits per heavy atom. The summed E-state index contributed by atoms with van der Waals surface area (Å²) in [4.78, 5) is 16.8. The largest absolute Gasteiger partial charge is 0.422 e. The molecule has 142 valence electrons. The highest BCUT2D eigenvalue weighted by atomic mass is 32.1. The SMILES string of the molecule is Cc1ccc(N/C=C(/C#N)c2nc(-c3cc4ccccc4oc3=O)cs2)cc1C. The zero-order valence-corrected chi connectivity index (χ0v) is 16.7. The number of nitriles is 1. The van der Waals surface area contributed by atoms with Crippen LogP contribution in [0.2, 0.25) is 0 Å². The Hall–Kier alpha value is -3.69. The van der Waals surface area contributed by atoms with Gasteiger partial charge in [0.25, 0.3) is 0 Å². The van der Waals surface area contributed by atoms with Crippen molar-refractivity contribution in [3.63, 3.8) is 0 Å². The second-order valence-electron chi connectivity index (χ2n) is 6.64. The molecule has 2 aromatic heterocycles. The van der Waals surface area contributed by atoms with Crippen LogP contribution in [-0.2, 0) is 0 Å². The Bertz CT molecular complexity index is 1340. The number of nitrogens with one attached hydrogen (secondary N) is 1. The quantitative estimate of drug-likeness (QED) is 0.362. The monoisotopic (exact) mass is 399 g/mol. The summed E-state index contributed by atoms with van der Waals surface area (Å²) < 4.78 is 5.39. The van der Waals surface area contributed by atoms with Crippen LogP contribution in [0.25, 0.3) is 27.8 Å². The molecule has 0 aliphatic heterocycles. The fourth-order valence-corrected chi connectivity index (χ4v) is 3.68. The molecule has 29 heavy (non-hydrogen) atoms. The minimum absolute atomic E-state index is 0.380. The topological polar surface area (TPSA) is 78.9 Å². The second kappa shape index (κ2) is 7.74. The molecule has 4 rings (SSSR count). The number of anilines is 1. The van der Waals surface area contributed by atoms with Gasteiger partial charge in [-0.25, -0.2) is 9.78 Å². The van der Waals surface area contributed by atoms with Gasteiger partial charge in [0, 0.05) is 22.7 Å². The first kappa shape index (κ1) is 18.7. The number of hydrogen-bond donors (Lipinski definition) is 1. The van der Waals surface area contributed by atoms with Gasteiger partial charge in [-0.2, -0.15) is 5.26 Å². The van der Waals surface area contributed by atoms with Crippen LogP contribution in [0.15, 0.2) is 69.3 Å². The van der Waals surface area contributed by atoms with Crippen molar-refractivity contribution >= 4 is 33.6 Å². The van der Waals surface area contributed by atoms with E-state index < -0.39 is 5.63 Å². The highest BCUT2D eigenvalue weighted by Gasteiger charge is 2.13. The van der Waals surface area contributed by atoms with Crippen molar-refractivity contribution < 1.29 is 4.42 Å². The Kier molecular flexibility index (Phi) is 4.98. The molecule has 5 nitrogen and oxygen atoms in total. The molecule has 2 aromatic carbocycles. The van der Waals surface area contributed by atoms with Crippen LogP contribution in [0, 0.1) is 25.2 Å². The van der Waals surface area contributed by atoms with E-state index in [4.69, 9.17) is 4.42 Å². The number of aryl methyl sites for hydroxylation is 2. The van der Waals surface area contributed by atoms with E-state index in [0.717, 1.165) is 11.1 Å². The molecular weight excluding hydrogens is 382 g/mol. The van der Waals surface area contributed by atoms with Crippen LogP contribution >= 0.6 is 11.3 Å². The van der Waals surface area contributed by atoms with Crippen molar-refractivity contribution in [1.29, 1.82) is 5.26 Å². The third-order valence-corrected chi connectivity index (χ3v) is 5.54. The van der Waals surface area contributed by atoms with Crippen molar-refractivity contribution in [2.75, 3.05) is 5.32 Å². The number of allylic oxidation sites excluding steroid dienone is 1. The van der Waals surface area contributed by atoms with Gasteiger partial charge in [0.1, 0.15) is 22.2 Å². The van der Waals surface area contributed by atoms with Crippen molar-refractivity contribution in [3.8, 4) is 17.3 Å². The van der Waals surface area contributed by atoms with E-state index in [2.05, 4.69) is 23.3 Å². The van der Waals surface area contributed by atoms with E-state index in [9.17, 15) is 10.1 Å². The summed E-state index contributed by atoms with van der Waals surface area (Å²) in [5, 5.41) is 15.8. The first-order valence-electron chi connectivity index (χ1n) is 8.98. The molecule has 0 saturated heterocycles. The maximum Gasteiger partial charge on any atom is 0.345 e. The summed E-state index contributed by atoms with van der Waals surface area (Å²) in [6.45, 7) is 4.09. The maximum absolute atomic E-state index is 12.4. The smallest absolute Gasteiger partial charge is 0.345 e. The normalized spacial score (nSPS) is 11.4. The second-order valence-corrected chi connectivity index (χ2v) is 7.49. The van der Waals surface area contributed by atoms with Crippen LogP contribution in [0.3, 0.4) is 0 Å². The zero-order chi connectivity index (χ0) is 20.4. The molecule has 2 heterocycles. The van der Waals surface area contributed by atoms with Crippen molar-refractivity contribution in [2.24, 2.45) is 0 Å². The Labute approximate surface area is 171 Å². The molecule has 0 radical (unpaired) electrons. The highest BCUT2D eigenvalue weighted by Crippen LogP contribution is 2.26. The molecule has 1 N–H and O–H groups in total. The van der Waals surface area contributed by atoms with E-state index >= 15 is 0 Å². The lowest BCUT2D eigenvalue weighted by Gasteiger charge is -2.05. The summed E-state index contributed by atoms with van der Waals surface area (Å²) in [5.74, 6) is 0. The summed E-state index contributed by atoms with van der Waals surface area (Å²) >= 11 is 1.31. The molecule has 6 heteroatoms. The number of fused-ring (bicyclic) bond motifs is 1. The molecule has 0 bridgehead atoms. The van der Waals surface area contributed by atoms with E-state index in [0.29, 0.717) is 27.4 Å². The molecular formula is C23H17N3O2S. The fourth-order valence-electron chi connectivity index (χ4n) is 2.89. The highest BCUT2D eigenvalue weighted by molar-refractivity contribution is 7.11. The Morgan fingerprint density at radius 1 is 1.17 bits per heavy atom. The number of benzene rings is 2. The number of hydrogen-bond acceptors (Lipinski definition) is 6. The third-order valence-electron chi connectivity index (χ3n) is 4.66. The van der Waals surface area contributed by atoms with Gasteiger partial charge >= 0.3 is 5.63 Å². The first-order valence-corrected chi connectivity index (χ1v) is 9.86. The molecule has 0 saturated carbocycles. The average molecular weight is 399 g/mol. The number of para-hydroxylation sites is 1. The molecule has 0 fully saturated rings. The Balaban J connectivity index is 1.65. The lowest BCUT2D eigenvalue weighted by molar-refractivity contribution is 0.563. The standard InChI is InChI=1S/C23H17N3O2S/c1-14-7-8-18(9-15(14)2)25-12-17(11-24)22-26-20(13-29-22)19-10-16-5-3-4-6-21(16)28-23(19)27/h3-10,12-13,25H,1-2H3/b17-12-. The molecule has 4 aromatic rings. The Morgan fingerprint density at radius 3 is 2.79 bits per heavy atom. The first-order chi connectivity index (χ1) is 14.0. The van der Waals surface area contributed by atoms with E-state index in [-0.39, 0.29) is 0 Å². The van der Waals surface area contributed by atoms with E-state index in [1.54, 1.807) is 23.7 Å². The number of nitrogens with zero attached hydrogens (tertiary/aromatic N) is 2. The predicted octanol–water partition coefficient (Wildman–Crippen LogP) is 5.51. The van der Waals surface area contributed by atoms with E-state index in [1.807, 2.05) is 43.3 Å². The molecule has 0 unspecified atom stereocenters. The van der Waals surface area contributed by atoms with Crippen LogP contribution < -0.4 is 10.9 Å². The predicted molar refractivity (Wildman–Crippen MR) is 117 cm³/mol. The third kappa shape index (κ3) is 3.82. The molecule has 0 spiro atoms. The molecule has 0 atom stereocenters.